The highest BCUT2D eigenvalue weighted by Gasteiger charge is 2.25. The normalized spacial score (nSPS) is 17.6. The molecule has 0 saturated heterocycles. The fourth-order valence-electron chi connectivity index (χ4n) is 1.81. The Morgan fingerprint density at radius 2 is 2.24 bits per heavy atom. The van der Waals surface area contributed by atoms with Gasteiger partial charge in [-0.2, -0.15) is 0 Å². The Kier molecular flexibility index (Phi) is 3.11. The molecule has 0 aliphatic carbocycles. The number of carbonyl (C=O) groups is 1. The number of fused-ring (bicyclic) bond motifs is 1. The largest absolute Gasteiger partial charge is 0.387 e. The molecule has 1 aromatic carbocycles. The molecule has 5 heteroatoms. The number of hydrogen-bond acceptors (Lipinski definition) is 3. The summed E-state index contributed by atoms with van der Waals surface area (Å²) in [6.45, 7) is 0. The molecule has 0 spiro atoms. The number of hydrogen-bond donors (Lipinski definition) is 2. The number of rotatable bonds is 2. The van der Waals surface area contributed by atoms with Crippen LogP contribution in [0, 0.1) is 5.41 Å². The number of benzene rings is 1. The van der Waals surface area contributed by atoms with E-state index < -0.39 is 0 Å². The van der Waals surface area contributed by atoms with Gasteiger partial charge in [0.15, 0.2) is 0 Å². The molecule has 0 bridgehead atoms. The van der Waals surface area contributed by atoms with Crippen LogP contribution in [0.2, 0.25) is 0 Å². The van der Waals surface area contributed by atoms with E-state index in [1.165, 1.54) is 0 Å². The van der Waals surface area contributed by atoms with Gasteiger partial charge in [-0.25, -0.2) is 0 Å². The van der Waals surface area contributed by atoms with Gasteiger partial charge in [-0.05, 0) is 30.2 Å². The first-order chi connectivity index (χ1) is 7.99. The van der Waals surface area contributed by atoms with Crippen LogP contribution in [0.5, 0.6) is 0 Å². The quantitative estimate of drug-likeness (QED) is 0.614. The number of carbonyl (C=O) groups excluding carboxylic acids is 1. The Hall–Kier alpha value is -1.49. The van der Waals surface area contributed by atoms with Crippen LogP contribution in [0.4, 0.5) is 0 Å². The number of thioether (sulfide) groups is 1. The SMILES string of the molecule is CN(C)C(=O)c1ccc2c(c1)CC(C(=N)N)S2. The fourth-order valence-corrected chi connectivity index (χ4v) is 2.95. The first kappa shape index (κ1) is 12.0. The zero-order valence-corrected chi connectivity index (χ0v) is 10.7. The van der Waals surface area contributed by atoms with Crippen LogP contribution in [0.1, 0.15) is 15.9 Å². The minimum absolute atomic E-state index is 0.00377. The molecule has 4 nitrogen and oxygen atoms in total. The van der Waals surface area contributed by atoms with Crippen molar-refractivity contribution in [3.8, 4) is 0 Å². The van der Waals surface area contributed by atoms with Crippen molar-refractivity contribution in [2.24, 2.45) is 5.73 Å². The Labute approximate surface area is 105 Å². The van der Waals surface area contributed by atoms with Gasteiger partial charge in [-0.3, -0.25) is 10.2 Å². The smallest absolute Gasteiger partial charge is 0.253 e. The molecule has 1 atom stereocenters. The van der Waals surface area contributed by atoms with E-state index in [9.17, 15) is 4.79 Å². The Balaban J connectivity index is 2.27. The fraction of sp³-hybridized carbons (Fsp3) is 0.333. The van der Waals surface area contributed by atoms with Crippen LogP contribution >= 0.6 is 11.8 Å². The molecule has 1 amide bonds. The number of nitrogens with two attached hydrogens (primary N) is 1. The van der Waals surface area contributed by atoms with Crippen LogP contribution in [0.25, 0.3) is 0 Å². The molecule has 90 valence electrons. The Bertz CT molecular complexity index is 485. The van der Waals surface area contributed by atoms with Crippen molar-refractivity contribution in [3.63, 3.8) is 0 Å². The lowest BCUT2D eigenvalue weighted by Gasteiger charge is -2.10. The van der Waals surface area contributed by atoms with Gasteiger partial charge >= 0.3 is 0 Å². The number of nitrogens with zero attached hydrogens (tertiary/aromatic N) is 1. The summed E-state index contributed by atoms with van der Waals surface area (Å²) in [6.07, 6.45) is 0.740. The minimum Gasteiger partial charge on any atom is -0.387 e. The highest BCUT2D eigenvalue weighted by molar-refractivity contribution is 8.01. The van der Waals surface area contributed by atoms with Gasteiger partial charge in [-0.1, -0.05) is 0 Å². The minimum atomic E-state index is 0.00377. The van der Waals surface area contributed by atoms with Crippen LogP contribution in [-0.4, -0.2) is 36.0 Å². The third kappa shape index (κ3) is 2.29. The van der Waals surface area contributed by atoms with Crippen LogP contribution in [0.15, 0.2) is 23.1 Å². The second-order valence-corrected chi connectivity index (χ2v) is 5.53. The van der Waals surface area contributed by atoms with Crippen molar-refractivity contribution < 1.29 is 4.79 Å². The van der Waals surface area contributed by atoms with Crippen molar-refractivity contribution in [1.82, 2.24) is 4.90 Å². The van der Waals surface area contributed by atoms with E-state index in [-0.39, 0.29) is 17.0 Å². The Morgan fingerprint density at radius 1 is 1.53 bits per heavy atom. The van der Waals surface area contributed by atoms with Crippen molar-refractivity contribution in [3.05, 3.63) is 29.3 Å². The molecule has 0 aromatic heterocycles. The molecule has 2 rings (SSSR count). The second kappa shape index (κ2) is 4.41. The summed E-state index contributed by atoms with van der Waals surface area (Å²) in [7, 11) is 3.48. The number of amides is 1. The summed E-state index contributed by atoms with van der Waals surface area (Å²) in [5.41, 5.74) is 7.32. The molecule has 17 heavy (non-hydrogen) atoms. The summed E-state index contributed by atoms with van der Waals surface area (Å²) in [6, 6.07) is 5.68. The van der Waals surface area contributed by atoms with E-state index in [1.807, 2.05) is 18.2 Å². The van der Waals surface area contributed by atoms with Crippen LogP contribution in [0.3, 0.4) is 0 Å². The van der Waals surface area contributed by atoms with Gasteiger partial charge in [0, 0.05) is 24.6 Å². The van der Waals surface area contributed by atoms with Gasteiger partial charge in [0.25, 0.3) is 5.91 Å². The highest BCUT2D eigenvalue weighted by atomic mass is 32.2. The summed E-state index contributed by atoms with van der Waals surface area (Å²) in [5.74, 6) is 0.204. The topological polar surface area (TPSA) is 70.2 Å². The lowest BCUT2D eigenvalue weighted by atomic mass is 10.1. The van der Waals surface area contributed by atoms with Gasteiger partial charge in [0.1, 0.15) is 5.84 Å². The van der Waals surface area contributed by atoms with E-state index in [4.69, 9.17) is 11.1 Å². The lowest BCUT2D eigenvalue weighted by Crippen LogP contribution is -2.24. The number of amidine groups is 1. The molecule has 3 N–H and O–H groups in total. The first-order valence-corrected chi connectivity index (χ1v) is 6.22. The molecule has 1 aromatic rings. The zero-order chi connectivity index (χ0) is 12.6. The van der Waals surface area contributed by atoms with E-state index >= 15 is 0 Å². The van der Waals surface area contributed by atoms with Gasteiger partial charge in [0.2, 0.25) is 0 Å². The van der Waals surface area contributed by atoms with Gasteiger partial charge < -0.3 is 10.6 Å². The van der Waals surface area contributed by atoms with Crippen molar-refractivity contribution >= 4 is 23.5 Å². The molecule has 1 heterocycles. The molecule has 0 saturated carbocycles. The average Bonchev–Trinajstić information content (AvgIpc) is 2.70. The molecule has 1 aliphatic heterocycles. The van der Waals surface area contributed by atoms with E-state index in [1.54, 1.807) is 30.8 Å². The first-order valence-electron chi connectivity index (χ1n) is 5.34. The maximum atomic E-state index is 11.8. The van der Waals surface area contributed by atoms with E-state index in [0.717, 1.165) is 16.9 Å². The van der Waals surface area contributed by atoms with Gasteiger partial charge in [-0.15, -0.1) is 11.8 Å². The van der Waals surface area contributed by atoms with E-state index in [2.05, 4.69) is 0 Å². The zero-order valence-electron chi connectivity index (χ0n) is 9.86. The average molecular weight is 249 g/mol. The third-order valence-electron chi connectivity index (χ3n) is 2.74. The summed E-state index contributed by atoms with van der Waals surface area (Å²) in [5, 5.41) is 7.48. The third-order valence-corrected chi connectivity index (χ3v) is 4.09. The summed E-state index contributed by atoms with van der Waals surface area (Å²) >= 11 is 1.60. The highest BCUT2D eigenvalue weighted by Crippen LogP contribution is 2.37. The summed E-state index contributed by atoms with van der Waals surface area (Å²) < 4.78 is 0. The predicted molar refractivity (Wildman–Crippen MR) is 69.7 cm³/mol. The molecule has 1 aliphatic rings. The maximum absolute atomic E-state index is 11.8. The summed E-state index contributed by atoms with van der Waals surface area (Å²) in [4.78, 5) is 14.5. The second-order valence-electron chi connectivity index (χ2n) is 4.29. The standard InChI is InChI=1S/C12H15N3OS/c1-15(2)12(16)7-3-4-9-8(5-7)6-10(17-9)11(13)14/h3-5,10H,6H2,1-2H3,(H3,13,14). The van der Waals surface area contributed by atoms with Crippen molar-refractivity contribution in [2.45, 2.75) is 16.6 Å². The Morgan fingerprint density at radius 3 is 2.82 bits per heavy atom. The molecular formula is C12H15N3OS. The molecular weight excluding hydrogens is 234 g/mol. The van der Waals surface area contributed by atoms with Crippen molar-refractivity contribution in [2.75, 3.05) is 14.1 Å². The monoisotopic (exact) mass is 249 g/mol. The molecule has 0 radical (unpaired) electrons. The number of nitrogens with one attached hydrogen (secondary N) is 1. The molecule has 1 unspecified atom stereocenters. The lowest BCUT2D eigenvalue weighted by molar-refractivity contribution is 0.0827. The predicted octanol–water partition coefficient (Wildman–Crippen LogP) is 1.34. The van der Waals surface area contributed by atoms with E-state index in [0.29, 0.717) is 5.56 Å². The van der Waals surface area contributed by atoms with Crippen LogP contribution in [-0.2, 0) is 6.42 Å². The van der Waals surface area contributed by atoms with Crippen LogP contribution < -0.4 is 5.73 Å². The molecule has 0 fully saturated rings. The van der Waals surface area contributed by atoms with Gasteiger partial charge in [0.05, 0.1) is 5.25 Å². The van der Waals surface area contributed by atoms with Crippen molar-refractivity contribution in [1.29, 1.82) is 5.41 Å². The maximum Gasteiger partial charge on any atom is 0.253 e.